The third kappa shape index (κ3) is 1.90. The summed E-state index contributed by atoms with van der Waals surface area (Å²) < 4.78 is 28.8. The smallest absolute Gasteiger partial charge is 0.271 e. The molecule has 0 fully saturated rings. The van der Waals surface area contributed by atoms with Crippen LogP contribution >= 0.6 is 22.0 Å². The molecule has 1 aromatic carbocycles. The van der Waals surface area contributed by atoms with E-state index in [-0.39, 0.29) is 4.21 Å². The summed E-state index contributed by atoms with van der Waals surface area (Å²) in [6, 6.07) is 5.44. The molecule has 16 heavy (non-hydrogen) atoms. The Morgan fingerprint density at radius 2 is 2.06 bits per heavy atom. The number of methoxy groups -OCH3 is 1. The first-order valence-corrected chi connectivity index (χ1v) is 7.58. The summed E-state index contributed by atoms with van der Waals surface area (Å²) in [5, 5.41) is 0.894. The van der Waals surface area contributed by atoms with Crippen molar-refractivity contribution in [3.05, 3.63) is 23.8 Å². The molecule has 2 aromatic rings. The van der Waals surface area contributed by atoms with Crippen LogP contribution in [0.25, 0.3) is 10.1 Å². The first-order chi connectivity index (χ1) is 7.43. The van der Waals surface area contributed by atoms with Crippen LogP contribution in [0.5, 0.6) is 5.75 Å². The number of ether oxygens (including phenoxy) is 1. The summed E-state index contributed by atoms with van der Waals surface area (Å²) in [5.41, 5.74) is 0.692. The number of aryl methyl sites for hydroxylation is 1. The van der Waals surface area contributed by atoms with Crippen LogP contribution in [-0.4, -0.2) is 15.5 Å². The van der Waals surface area contributed by atoms with Crippen molar-refractivity contribution in [2.75, 3.05) is 7.11 Å². The molecule has 0 bridgehead atoms. The van der Waals surface area contributed by atoms with Crippen LogP contribution in [0.3, 0.4) is 0 Å². The summed E-state index contributed by atoms with van der Waals surface area (Å²) in [6.07, 6.45) is 0. The van der Waals surface area contributed by atoms with Gasteiger partial charge < -0.3 is 4.74 Å². The average molecular weight is 277 g/mol. The largest absolute Gasteiger partial charge is 0.497 e. The van der Waals surface area contributed by atoms with Gasteiger partial charge in [-0.2, -0.15) is 0 Å². The predicted molar refractivity (Wildman–Crippen MR) is 66.2 cm³/mol. The van der Waals surface area contributed by atoms with Gasteiger partial charge in [0.1, 0.15) is 9.96 Å². The SMILES string of the molecule is COc1ccc2c(C)c(S(=O)(=O)Cl)sc2c1. The van der Waals surface area contributed by atoms with E-state index in [0.29, 0.717) is 11.3 Å². The van der Waals surface area contributed by atoms with Crippen molar-refractivity contribution in [2.24, 2.45) is 0 Å². The lowest BCUT2D eigenvalue weighted by Gasteiger charge is -1.98. The summed E-state index contributed by atoms with van der Waals surface area (Å²) in [4.78, 5) is 0. The first kappa shape index (κ1) is 11.7. The number of benzene rings is 1. The zero-order chi connectivity index (χ0) is 11.9. The topological polar surface area (TPSA) is 43.4 Å². The molecule has 1 heterocycles. The molecule has 3 nitrogen and oxygen atoms in total. The Kier molecular flexibility index (Phi) is 2.86. The molecule has 0 aliphatic heterocycles. The number of fused-ring (bicyclic) bond motifs is 1. The molecule has 86 valence electrons. The van der Waals surface area contributed by atoms with Crippen molar-refractivity contribution in [1.82, 2.24) is 0 Å². The number of halogens is 1. The van der Waals surface area contributed by atoms with Gasteiger partial charge in [0.15, 0.2) is 0 Å². The molecule has 0 N–H and O–H groups in total. The monoisotopic (exact) mass is 276 g/mol. The number of thiophene rings is 1. The average Bonchev–Trinajstić information content (AvgIpc) is 2.55. The van der Waals surface area contributed by atoms with Gasteiger partial charge in [-0.3, -0.25) is 0 Å². The van der Waals surface area contributed by atoms with E-state index in [9.17, 15) is 8.42 Å². The molecule has 0 atom stereocenters. The maximum atomic E-state index is 11.3. The molecule has 0 spiro atoms. The molecular weight excluding hydrogens is 268 g/mol. The lowest BCUT2D eigenvalue weighted by atomic mass is 10.2. The Balaban J connectivity index is 2.78. The van der Waals surface area contributed by atoms with E-state index < -0.39 is 9.05 Å². The maximum Gasteiger partial charge on any atom is 0.271 e. The Morgan fingerprint density at radius 1 is 1.38 bits per heavy atom. The number of hydrogen-bond acceptors (Lipinski definition) is 4. The third-order valence-corrected chi connectivity index (χ3v) is 5.77. The molecule has 0 saturated heterocycles. The van der Waals surface area contributed by atoms with Crippen molar-refractivity contribution in [1.29, 1.82) is 0 Å². The van der Waals surface area contributed by atoms with Gasteiger partial charge in [-0.05, 0) is 36.1 Å². The fraction of sp³-hybridized carbons (Fsp3) is 0.200. The van der Waals surface area contributed by atoms with Crippen LogP contribution in [0, 0.1) is 6.92 Å². The Hall–Kier alpha value is -0.780. The van der Waals surface area contributed by atoms with Crippen molar-refractivity contribution in [3.63, 3.8) is 0 Å². The quantitative estimate of drug-likeness (QED) is 0.792. The van der Waals surface area contributed by atoms with Gasteiger partial charge in [0.05, 0.1) is 7.11 Å². The first-order valence-electron chi connectivity index (χ1n) is 4.45. The molecule has 0 unspecified atom stereocenters. The van der Waals surface area contributed by atoms with Gasteiger partial charge in [0.25, 0.3) is 9.05 Å². The second kappa shape index (κ2) is 3.91. The molecule has 6 heteroatoms. The Bertz CT molecular complexity index is 643. The Labute approximate surface area is 102 Å². The van der Waals surface area contributed by atoms with E-state index in [4.69, 9.17) is 15.4 Å². The van der Waals surface area contributed by atoms with Gasteiger partial charge in [-0.1, -0.05) is 0 Å². The summed E-state index contributed by atoms with van der Waals surface area (Å²) in [5.74, 6) is 0.701. The van der Waals surface area contributed by atoms with Gasteiger partial charge >= 0.3 is 0 Å². The highest BCUT2D eigenvalue weighted by atomic mass is 35.7. The van der Waals surface area contributed by atoms with Crippen LogP contribution in [0.15, 0.2) is 22.4 Å². The highest BCUT2D eigenvalue weighted by Crippen LogP contribution is 2.37. The van der Waals surface area contributed by atoms with Crippen LogP contribution in [0.1, 0.15) is 5.56 Å². The third-order valence-electron chi connectivity index (χ3n) is 2.32. The predicted octanol–water partition coefficient (Wildman–Crippen LogP) is 3.15. The molecular formula is C10H9ClO3S2. The second-order valence-corrected chi connectivity index (χ2v) is 7.13. The maximum absolute atomic E-state index is 11.3. The van der Waals surface area contributed by atoms with E-state index in [0.717, 1.165) is 21.4 Å². The van der Waals surface area contributed by atoms with Crippen molar-refractivity contribution in [2.45, 2.75) is 11.1 Å². The molecule has 0 aliphatic rings. The van der Waals surface area contributed by atoms with E-state index in [1.807, 2.05) is 6.07 Å². The molecule has 1 aromatic heterocycles. The van der Waals surface area contributed by atoms with Gasteiger partial charge in [-0.25, -0.2) is 8.42 Å². The van der Waals surface area contributed by atoms with Gasteiger partial charge in [0.2, 0.25) is 0 Å². The molecule has 0 amide bonds. The Morgan fingerprint density at radius 3 is 2.62 bits per heavy atom. The van der Waals surface area contributed by atoms with Gasteiger partial charge in [0, 0.05) is 15.4 Å². The fourth-order valence-electron chi connectivity index (χ4n) is 1.54. The van der Waals surface area contributed by atoms with E-state index >= 15 is 0 Å². The standard InChI is InChI=1S/C10H9ClO3S2/c1-6-8-4-3-7(14-2)5-9(8)15-10(6)16(11,12)13/h3-5H,1-2H3. The van der Waals surface area contributed by atoms with E-state index in [1.165, 1.54) is 0 Å². The highest BCUT2D eigenvalue weighted by molar-refractivity contribution is 8.15. The summed E-state index contributed by atoms with van der Waals surface area (Å²) in [7, 11) is 3.27. The lowest BCUT2D eigenvalue weighted by Crippen LogP contribution is -1.87. The van der Waals surface area contributed by atoms with Crippen molar-refractivity contribution < 1.29 is 13.2 Å². The van der Waals surface area contributed by atoms with Gasteiger partial charge in [-0.15, -0.1) is 11.3 Å². The minimum Gasteiger partial charge on any atom is -0.497 e. The van der Waals surface area contributed by atoms with Crippen LogP contribution in [-0.2, 0) is 9.05 Å². The normalized spacial score (nSPS) is 11.9. The number of hydrogen-bond donors (Lipinski definition) is 0. The molecule has 0 radical (unpaired) electrons. The number of rotatable bonds is 2. The zero-order valence-corrected chi connectivity index (χ0v) is 11.0. The molecule has 0 aliphatic carbocycles. The second-order valence-electron chi connectivity index (χ2n) is 3.31. The minimum atomic E-state index is -3.66. The van der Waals surface area contributed by atoms with Crippen LogP contribution in [0.2, 0.25) is 0 Å². The minimum absolute atomic E-state index is 0.206. The van der Waals surface area contributed by atoms with E-state index in [1.54, 1.807) is 26.2 Å². The van der Waals surface area contributed by atoms with Crippen molar-refractivity contribution in [3.8, 4) is 5.75 Å². The van der Waals surface area contributed by atoms with Crippen molar-refractivity contribution >= 4 is 41.2 Å². The van der Waals surface area contributed by atoms with Crippen LogP contribution in [0.4, 0.5) is 0 Å². The lowest BCUT2D eigenvalue weighted by molar-refractivity contribution is 0.415. The highest BCUT2D eigenvalue weighted by Gasteiger charge is 2.19. The zero-order valence-electron chi connectivity index (χ0n) is 8.65. The molecule has 2 rings (SSSR count). The summed E-state index contributed by atoms with van der Waals surface area (Å²) in [6.45, 7) is 1.75. The van der Waals surface area contributed by atoms with E-state index in [2.05, 4.69) is 0 Å². The summed E-state index contributed by atoms with van der Waals surface area (Å²) >= 11 is 1.16. The molecule has 0 saturated carbocycles. The van der Waals surface area contributed by atoms with Crippen LogP contribution < -0.4 is 4.74 Å². The fourth-order valence-corrected chi connectivity index (χ4v) is 4.29.